The van der Waals surface area contributed by atoms with E-state index < -0.39 is 0 Å². The maximum atomic E-state index is 5.86. The Morgan fingerprint density at radius 3 is 1.57 bits per heavy atom. The molecule has 0 N–H and O–H groups in total. The van der Waals surface area contributed by atoms with Crippen LogP contribution < -0.4 is 9.47 Å². The molecule has 0 radical (unpaired) electrons. The van der Waals surface area contributed by atoms with Gasteiger partial charge < -0.3 is 9.47 Å². The standard InChI is InChI=1S/2C23H21N3O/c1-18-7-10-21(15-24-18)23-13-14-26(25-23)16-19-8-11-22(12-9-19)27-17-20-5-3-2-4-6-20;1-18-7-10-21(15-24-18)23-13-14-25-26(23)16-19-8-11-22(12-9-19)27-17-20-5-3-2-4-6-20/h2*2-15H,16-17H2,1H3. The molecular formula is C46H42N6O2. The summed E-state index contributed by atoms with van der Waals surface area (Å²) >= 11 is 0. The molecular weight excluding hydrogens is 669 g/mol. The molecule has 0 spiro atoms. The zero-order chi connectivity index (χ0) is 37.0. The van der Waals surface area contributed by atoms with E-state index >= 15 is 0 Å². The van der Waals surface area contributed by atoms with Crippen LogP contribution in [0.5, 0.6) is 11.5 Å². The Bertz CT molecular complexity index is 2320. The first-order chi connectivity index (χ1) is 26.5. The molecule has 8 rings (SSSR count). The molecule has 8 heteroatoms. The van der Waals surface area contributed by atoms with Crippen molar-refractivity contribution in [3.05, 3.63) is 204 Å². The monoisotopic (exact) mass is 710 g/mol. The fourth-order valence-corrected chi connectivity index (χ4v) is 5.77. The number of pyridine rings is 2. The lowest BCUT2D eigenvalue weighted by atomic mass is 10.2. The first kappa shape index (κ1) is 35.6. The predicted molar refractivity (Wildman–Crippen MR) is 213 cm³/mol. The van der Waals surface area contributed by atoms with Crippen LogP contribution in [0, 0.1) is 13.8 Å². The van der Waals surface area contributed by atoms with Gasteiger partial charge in [0.25, 0.3) is 0 Å². The van der Waals surface area contributed by atoms with E-state index in [9.17, 15) is 0 Å². The van der Waals surface area contributed by atoms with Gasteiger partial charge in [0, 0.05) is 47.3 Å². The van der Waals surface area contributed by atoms with Gasteiger partial charge in [-0.25, -0.2) is 0 Å². The molecule has 4 aromatic carbocycles. The Morgan fingerprint density at radius 2 is 1.04 bits per heavy atom. The summed E-state index contributed by atoms with van der Waals surface area (Å²) in [5.74, 6) is 1.74. The summed E-state index contributed by atoms with van der Waals surface area (Å²) in [4.78, 5) is 8.72. The predicted octanol–water partition coefficient (Wildman–Crippen LogP) is 9.76. The Morgan fingerprint density at radius 1 is 0.500 bits per heavy atom. The second-order valence-corrected chi connectivity index (χ2v) is 13.0. The minimum absolute atomic E-state index is 0.573. The van der Waals surface area contributed by atoms with Crippen LogP contribution in [0.3, 0.4) is 0 Å². The largest absolute Gasteiger partial charge is 0.489 e. The quantitative estimate of drug-likeness (QED) is 0.126. The molecule has 8 nitrogen and oxygen atoms in total. The van der Waals surface area contributed by atoms with E-state index in [1.165, 1.54) is 11.1 Å². The zero-order valence-corrected chi connectivity index (χ0v) is 30.5. The zero-order valence-electron chi connectivity index (χ0n) is 30.5. The number of aromatic nitrogens is 6. The number of ether oxygens (including phenoxy) is 2. The van der Waals surface area contributed by atoms with Gasteiger partial charge in [-0.2, -0.15) is 10.2 Å². The fraction of sp³-hybridized carbons (Fsp3) is 0.130. The fourth-order valence-electron chi connectivity index (χ4n) is 5.77. The molecule has 268 valence electrons. The maximum absolute atomic E-state index is 5.86. The summed E-state index contributed by atoms with van der Waals surface area (Å²) in [6, 6.07) is 48.9. The minimum Gasteiger partial charge on any atom is -0.489 e. The normalized spacial score (nSPS) is 10.7. The SMILES string of the molecule is Cc1ccc(-c2ccn(Cc3ccc(OCc4ccccc4)cc3)n2)cn1.Cc1ccc(-c2ccnn2Cc2ccc(OCc3ccccc3)cc2)cn1. The average molecular weight is 711 g/mol. The van der Waals surface area contributed by atoms with Crippen LogP contribution in [-0.2, 0) is 26.3 Å². The van der Waals surface area contributed by atoms with Gasteiger partial charge >= 0.3 is 0 Å². The van der Waals surface area contributed by atoms with Gasteiger partial charge in [-0.05, 0) is 96.8 Å². The number of hydrogen-bond acceptors (Lipinski definition) is 6. The third kappa shape index (κ3) is 9.95. The molecule has 54 heavy (non-hydrogen) atoms. The van der Waals surface area contributed by atoms with E-state index in [-0.39, 0.29) is 0 Å². The van der Waals surface area contributed by atoms with Crippen molar-refractivity contribution in [2.45, 2.75) is 40.2 Å². The van der Waals surface area contributed by atoms with Crippen molar-refractivity contribution in [2.75, 3.05) is 0 Å². The second-order valence-electron chi connectivity index (χ2n) is 13.0. The van der Waals surface area contributed by atoms with Crippen molar-refractivity contribution >= 4 is 0 Å². The van der Waals surface area contributed by atoms with Crippen LogP contribution in [-0.4, -0.2) is 29.5 Å². The number of benzene rings is 4. The third-order valence-corrected chi connectivity index (χ3v) is 8.79. The Labute approximate surface area is 316 Å². The van der Waals surface area contributed by atoms with Gasteiger partial charge in [0.15, 0.2) is 0 Å². The molecule has 0 saturated carbocycles. The van der Waals surface area contributed by atoms with E-state index in [1.54, 1.807) is 0 Å². The summed E-state index contributed by atoms with van der Waals surface area (Å²) in [5, 5.41) is 9.12. The summed E-state index contributed by atoms with van der Waals surface area (Å²) in [6.07, 6.45) is 7.58. The molecule has 0 aliphatic heterocycles. The highest BCUT2D eigenvalue weighted by Crippen LogP contribution is 2.22. The van der Waals surface area contributed by atoms with E-state index in [4.69, 9.17) is 9.47 Å². The van der Waals surface area contributed by atoms with Crippen molar-refractivity contribution in [3.63, 3.8) is 0 Å². The van der Waals surface area contributed by atoms with Crippen LogP contribution in [0.25, 0.3) is 22.5 Å². The Balaban J connectivity index is 0.000000167. The molecule has 8 aromatic rings. The molecule has 0 fully saturated rings. The third-order valence-electron chi connectivity index (χ3n) is 8.79. The van der Waals surface area contributed by atoms with Gasteiger partial charge in [-0.15, -0.1) is 0 Å². The molecule has 0 bridgehead atoms. The van der Waals surface area contributed by atoms with E-state index in [1.807, 2.05) is 139 Å². The van der Waals surface area contributed by atoms with Gasteiger partial charge in [-0.1, -0.05) is 84.9 Å². The summed E-state index contributed by atoms with van der Waals surface area (Å²) in [7, 11) is 0. The number of rotatable bonds is 12. The number of aryl methyl sites for hydroxylation is 2. The van der Waals surface area contributed by atoms with Crippen LogP contribution >= 0.6 is 0 Å². The molecule has 4 heterocycles. The van der Waals surface area contributed by atoms with Crippen molar-refractivity contribution in [1.82, 2.24) is 29.5 Å². The summed E-state index contributed by atoms with van der Waals surface area (Å²) < 4.78 is 15.6. The molecule has 0 aliphatic carbocycles. The van der Waals surface area contributed by atoms with Crippen molar-refractivity contribution in [1.29, 1.82) is 0 Å². The lowest BCUT2D eigenvalue weighted by molar-refractivity contribution is 0.306. The van der Waals surface area contributed by atoms with E-state index in [2.05, 4.69) is 74.8 Å². The first-order valence-corrected chi connectivity index (χ1v) is 18.0. The van der Waals surface area contributed by atoms with Gasteiger partial charge in [0.1, 0.15) is 24.7 Å². The lowest BCUT2D eigenvalue weighted by Gasteiger charge is -2.10. The van der Waals surface area contributed by atoms with Gasteiger partial charge in [0.05, 0.1) is 24.5 Å². The minimum atomic E-state index is 0.573. The summed E-state index contributed by atoms with van der Waals surface area (Å²) in [6.45, 7) is 6.54. The topological polar surface area (TPSA) is 79.9 Å². The Hall–Kier alpha value is -6.80. The highest BCUT2D eigenvalue weighted by Gasteiger charge is 2.08. The molecule has 4 aromatic heterocycles. The Kier molecular flexibility index (Phi) is 11.6. The molecule has 0 aliphatic rings. The molecule has 0 saturated heterocycles. The maximum Gasteiger partial charge on any atom is 0.119 e. The van der Waals surface area contributed by atoms with Gasteiger partial charge in [0.2, 0.25) is 0 Å². The van der Waals surface area contributed by atoms with E-state index in [0.717, 1.165) is 63.1 Å². The van der Waals surface area contributed by atoms with Crippen molar-refractivity contribution in [2.24, 2.45) is 0 Å². The highest BCUT2D eigenvalue weighted by molar-refractivity contribution is 5.58. The molecule has 0 unspecified atom stereocenters. The van der Waals surface area contributed by atoms with Crippen LogP contribution in [0.1, 0.15) is 33.6 Å². The molecule has 0 atom stereocenters. The second kappa shape index (κ2) is 17.6. The lowest BCUT2D eigenvalue weighted by Crippen LogP contribution is -2.04. The van der Waals surface area contributed by atoms with Crippen LogP contribution in [0.4, 0.5) is 0 Å². The number of nitrogens with zero attached hydrogens (tertiary/aromatic N) is 6. The van der Waals surface area contributed by atoms with Crippen LogP contribution in [0.15, 0.2) is 170 Å². The molecule has 0 amide bonds. The average Bonchev–Trinajstić information content (AvgIpc) is 3.89. The smallest absolute Gasteiger partial charge is 0.119 e. The number of hydrogen-bond donors (Lipinski definition) is 0. The van der Waals surface area contributed by atoms with Crippen molar-refractivity contribution in [3.8, 4) is 34.0 Å². The summed E-state index contributed by atoms with van der Waals surface area (Å²) in [5.41, 5.74) is 10.8. The van der Waals surface area contributed by atoms with Gasteiger partial charge in [-0.3, -0.25) is 19.3 Å². The highest BCUT2D eigenvalue weighted by atomic mass is 16.5. The van der Waals surface area contributed by atoms with Crippen molar-refractivity contribution < 1.29 is 9.47 Å². The van der Waals surface area contributed by atoms with Crippen LogP contribution in [0.2, 0.25) is 0 Å². The van der Waals surface area contributed by atoms with E-state index in [0.29, 0.717) is 19.8 Å². The first-order valence-electron chi connectivity index (χ1n) is 18.0.